The number of hydrogen-bond acceptors (Lipinski definition) is 6. The van der Waals surface area contributed by atoms with Crippen molar-refractivity contribution in [2.24, 2.45) is 5.92 Å². The molecule has 0 saturated carbocycles. The van der Waals surface area contributed by atoms with Crippen molar-refractivity contribution in [3.63, 3.8) is 0 Å². The van der Waals surface area contributed by atoms with Gasteiger partial charge in [-0.15, -0.1) is 11.3 Å². The number of anilines is 1. The Morgan fingerprint density at radius 1 is 1.27 bits per heavy atom. The molecule has 0 unspecified atom stereocenters. The zero-order chi connectivity index (χ0) is 21.7. The number of thiazole rings is 1. The van der Waals surface area contributed by atoms with Crippen molar-refractivity contribution < 1.29 is 27.9 Å². The van der Waals surface area contributed by atoms with Crippen LogP contribution in [0.2, 0.25) is 0 Å². The fourth-order valence-corrected chi connectivity index (χ4v) is 3.90. The first-order chi connectivity index (χ1) is 14.4. The van der Waals surface area contributed by atoms with Gasteiger partial charge in [0, 0.05) is 30.5 Å². The molecule has 0 radical (unpaired) electrons. The Bertz CT molecular complexity index is 942. The van der Waals surface area contributed by atoms with E-state index in [1.54, 1.807) is 12.3 Å². The minimum Gasteiger partial charge on any atom is -0.466 e. The highest BCUT2D eigenvalue weighted by Gasteiger charge is 2.29. The number of aromatic nitrogens is 1. The smallest absolute Gasteiger partial charge is 0.311 e. The van der Waals surface area contributed by atoms with Crippen LogP contribution in [0.25, 0.3) is 0 Å². The quantitative estimate of drug-likeness (QED) is 0.702. The molecule has 1 aromatic heterocycles. The van der Waals surface area contributed by atoms with Crippen molar-refractivity contribution in [2.75, 3.05) is 25.0 Å². The van der Waals surface area contributed by atoms with Crippen LogP contribution in [0.1, 0.15) is 35.8 Å². The van der Waals surface area contributed by atoms with Gasteiger partial charge < -0.3 is 15.0 Å². The third-order valence-electron chi connectivity index (χ3n) is 4.73. The summed E-state index contributed by atoms with van der Waals surface area (Å²) in [6, 6.07) is 2.85. The second-order valence-electron chi connectivity index (χ2n) is 6.81. The van der Waals surface area contributed by atoms with Crippen molar-refractivity contribution in [3.8, 4) is 0 Å². The Labute approximate surface area is 176 Å². The molecular weight excluding hydrogens is 416 g/mol. The molecule has 0 bridgehead atoms. The number of carbonyl (C=O) groups excluding carboxylic acids is 3. The summed E-state index contributed by atoms with van der Waals surface area (Å²) < 4.78 is 31.7. The maximum absolute atomic E-state index is 13.8. The van der Waals surface area contributed by atoms with E-state index >= 15 is 0 Å². The van der Waals surface area contributed by atoms with Gasteiger partial charge in [-0.3, -0.25) is 14.4 Å². The number of nitrogens with one attached hydrogen (secondary N) is 1. The molecule has 7 nitrogen and oxygen atoms in total. The summed E-state index contributed by atoms with van der Waals surface area (Å²) in [4.78, 5) is 42.1. The fraction of sp³-hybridized carbons (Fsp3) is 0.400. The highest BCUT2D eigenvalue weighted by molar-refractivity contribution is 7.13. The van der Waals surface area contributed by atoms with Crippen LogP contribution in [0.3, 0.4) is 0 Å². The van der Waals surface area contributed by atoms with Crippen molar-refractivity contribution in [2.45, 2.75) is 26.2 Å². The molecule has 1 fully saturated rings. The first-order valence-corrected chi connectivity index (χ1v) is 10.4. The van der Waals surface area contributed by atoms with E-state index in [9.17, 15) is 23.2 Å². The van der Waals surface area contributed by atoms with Gasteiger partial charge in [0.2, 0.25) is 5.91 Å². The van der Waals surface area contributed by atoms with Crippen LogP contribution in [0.15, 0.2) is 23.6 Å². The van der Waals surface area contributed by atoms with Crippen LogP contribution in [0, 0.1) is 17.6 Å². The lowest BCUT2D eigenvalue weighted by Crippen LogP contribution is -2.41. The highest BCUT2D eigenvalue weighted by Crippen LogP contribution is 2.23. The van der Waals surface area contributed by atoms with Crippen LogP contribution in [-0.4, -0.2) is 47.4 Å². The molecule has 2 amide bonds. The fourth-order valence-electron chi connectivity index (χ4n) is 3.19. The Morgan fingerprint density at radius 2 is 2.00 bits per heavy atom. The molecule has 10 heteroatoms. The molecule has 3 rings (SSSR count). The molecule has 1 saturated heterocycles. The number of ether oxygens (including phenoxy) is 1. The molecule has 2 heterocycles. The summed E-state index contributed by atoms with van der Waals surface area (Å²) in [6.07, 6.45) is 0.879. The van der Waals surface area contributed by atoms with E-state index in [2.05, 4.69) is 10.3 Å². The number of likely N-dealkylation sites (tertiary alicyclic amines) is 1. The first kappa shape index (κ1) is 21.8. The van der Waals surface area contributed by atoms with Crippen molar-refractivity contribution in [3.05, 3.63) is 46.5 Å². The predicted octanol–water partition coefficient (Wildman–Crippen LogP) is 3.02. The topological polar surface area (TPSA) is 88.6 Å². The van der Waals surface area contributed by atoms with Crippen LogP contribution in [0.5, 0.6) is 0 Å². The summed E-state index contributed by atoms with van der Waals surface area (Å²) in [5.41, 5.74) is 0.340. The Morgan fingerprint density at radius 3 is 2.67 bits per heavy atom. The van der Waals surface area contributed by atoms with Gasteiger partial charge in [-0.05, 0) is 31.9 Å². The molecule has 0 spiro atoms. The van der Waals surface area contributed by atoms with E-state index in [1.165, 1.54) is 16.2 Å². The number of esters is 1. The molecule has 0 aliphatic carbocycles. The van der Waals surface area contributed by atoms with Gasteiger partial charge in [0.05, 0.1) is 24.3 Å². The van der Waals surface area contributed by atoms with E-state index in [4.69, 9.17) is 4.74 Å². The number of hydrogen-bond donors (Lipinski definition) is 1. The van der Waals surface area contributed by atoms with Crippen LogP contribution in [0.4, 0.5) is 13.9 Å². The molecule has 1 aliphatic rings. The third kappa shape index (κ3) is 5.38. The summed E-state index contributed by atoms with van der Waals surface area (Å²) >= 11 is 1.22. The number of rotatable bonds is 6. The maximum Gasteiger partial charge on any atom is 0.311 e. The second-order valence-corrected chi connectivity index (χ2v) is 7.66. The minimum absolute atomic E-state index is 0.0423. The van der Waals surface area contributed by atoms with Gasteiger partial charge in [0.15, 0.2) is 5.13 Å². The molecule has 1 aromatic carbocycles. The third-order valence-corrected chi connectivity index (χ3v) is 5.53. The lowest BCUT2D eigenvalue weighted by molar-refractivity contribution is -0.142. The molecular formula is C20H21F2N3O4S. The van der Waals surface area contributed by atoms with Gasteiger partial charge in [0.25, 0.3) is 5.91 Å². The summed E-state index contributed by atoms with van der Waals surface area (Å²) in [5, 5.41) is 4.82. The summed E-state index contributed by atoms with van der Waals surface area (Å²) in [6.45, 7) is 2.60. The molecule has 30 heavy (non-hydrogen) atoms. The van der Waals surface area contributed by atoms with Crippen LogP contribution < -0.4 is 5.32 Å². The normalized spacial score (nSPS) is 14.4. The Balaban J connectivity index is 1.51. The summed E-state index contributed by atoms with van der Waals surface area (Å²) in [7, 11) is 0. The lowest BCUT2D eigenvalue weighted by atomic mass is 9.95. The van der Waals surface area contributed by atoms with Crippen molar-refractivity contribution >= 4 is 34.3 Å². The maximum atomic E-state index is 13.8. The number of halogens is 2. The van der Waals surface area contributed by atoms with Crippen molar-refractivity contribution in [1.29, 1.82) is 0 Å². The SMILES string of the molecule is CCOC(=O)Cc1csc(NC(=O)C2CCN(C(=O)c3ccc(F)cc3F)CC2)n1. The predicted molar refractivity (Wildman–Crippen MR) is 106 cm³/mol. The van der Waals surface area contributed by atoms with Crippen molar-refractivity contribution in [1.82, 2.24) is 9.88 Å². The van der Waals surface area contributed by atoms with E-state index < -0.39 is 17.5 Å². The average Bonchev–Trinajstić information content (AvgIpc) is 3.14. The van der Waals surface area contributed by atoms with E-state index in [0.717, 1.165) is 12.1 Å². The van der Waals surface area contributed by atoms with E-state index in [-0.39, 0.29) is 29.8 Å². The molecule has 0 atom stereocenters. The number of nitrogens with zero attached hydrogens (tertiary/aromatic N) is 2. The Kier molecular flexibility index (Phi) is 7.09. The monoisotopic (exact) mass is 437 g/mol. The Hall–Kier alpha value is -2.88. The molecule has 1 aliphatic heterocycles. The number of carbonyl (C=O) groups is 3. The van der Waals surface area contributed by atoms with Gasteiger partial charge in [-0.2, -0.15) is 0 Å². The molecule has 160 valence electrons. The van der Waals surface area contributed by atoms with E-state index in [0.29, 0.717) is 49.4 Å². The van der Waals surface area contributed by atoms with Gasteiger partial charge in [-0.25, -0.2) is 13.8 Å². The highest BCUT2D eigenvalue weighted by atomic mass is 32.1. The largest absolute Gasteiger partial charge is 0.466 e. The molecule has 1 N–H and O–H groups in total. The second kappa shape index (κ2) is 9.75. The van der Waals surface area contributed by atoms with Gasteiger partial charge in [-0.1, -0.05) is 0 Å². The van der Waals surface area contributed by atoms with E-state index in [1.807, 2.05) is 0 Å². The lowest BCUT2D eigenvalue weighted by Gasteiger charge is -2.31. The zero-order valence-corrected chi connectivity index (χ0v) is 17.1. The minimum atomic E-state index is -0.901. The number of piperidine rings is 1. The standard InChI is InChI=1S/C20H21F2N3O4S/c1-2-29-17(26)10-14-11-30-20(23-14)24-18(27)12-5-7-25(8-6-12)19(28)15-4-3-13(21)9-16(15)22/h3-4,9,11-12H,2,5-8,10H2,1H3,(H,23,24,27). The summed E-state index contributed by atoms with van der Waals surface area (Å²) in [5.74, 6) is -3.07. The van der Waals surface area contributed by atoms with Gasteiger partial charge >= 0.3 is 5.97 Å². The zero-order valence-electron chi connectivity index (χ0n) is 16.3. The number of amides is 2. The first-order valence-electron chi connectivity index (χ1n) is 9.52. The molecule has 2 aromatic rings. The van der Waals surface area contributed by atoms with Crippen LogP contribution >= 0.6 is 11.3 Å². The van der Waals surface area contributed by atoms with Gasteiger partial charge in [0.1, 0.15) is 11.6 Å². The number of benzene rings is 1. The van der Waals surface area contributed by atoms with Crippen LogP contribution in [-0.2, 0) is 20.7 Å². The average molecular weight is 437 g/mol.